The third-order valence-corrected chi connectivity index (χ3v) is 6.59. The highest BCUT2D eigenvalue weighted by atomic mass is 31.2. The van der Waals surface area contributed by atoms with Crippen molar-refractivity contribution in [2.45, 2.75) is 64.9 Å². The molecule has 0 spiro atoms. The van der Waals surface area contributed by atoms with E-state index in [0.29, 0.717) is 12.8 Å². The van der Waals surface area contributed by atoms with Crippen LogP contribution in [0.5, 0.6) is 0 Å². The highest BCUT2D eigenvalue weighted by Gasteiger charge is 2.57. The van der Waals surface area contributed by atoms with Crippen molar-refractivity contribution < 1.29 is 32.7 Å². The highest BCUT2D eigenvalue weighted by molar-refractivity contribution is 7.54. The van der Waals surface area contributed by atoms with E-state index in [1.54, 1.807) is 20.8 Å². The molecule has 8 nitrogen and oxygen atoms in total. The Balaban J connectivity index is 3.41. The topological polar surface area (TPSA) is 91.4 Å². The summed E-state index contributed by atoms with van der Waals surface area (Å²) in [7, 11) is 0.116. The molecule has 1 amide bonds. The summed E-state index contributed by atoms with van der Waals surface area (Å²) in [4.78, 5) is 26.4. The van der Waals surface area contributed by atoms with Crippen LogP contribution >= 0.6 is 7.60 Å². The Labute approximate surface area is 156 Å². The van der Waals surface area contributed by atoms with E-state index in [2.05, 4.69) is 0 Å². The lowest BCUT2D eigenvalue weighted by molar-refractivity contribution is -0.145. The van der Waals surface area contributed by atoms with Crippen molar-refractivity contribution in [1.82, 2.24) is 4.90 Å². The van der Waals surface area contributed by atoms with E-state index in [1.807, 2.05) is 13.8 Å². The van der Waals surface area contributed by atoms with Crippen molar-refractivity contribution in [2.75, 3.05) is 21.3 Å². The Hall–Kier alpha value is -1.11. The standard InChI is InChI=1S/C17H32NO7P/c1-11(2)9-12-10-13(15(19)22-6)18(16(20)25-17(3,4)5)14(12)26(21,23-7)24-8/h11-14H,9-10H2,1-8H3/t12-,13+,14+/m1/s1. The summed E-state index contributed by atoms with van der Waals surface area (Å²) < 4.78 is 33.9. The van der Waals surface area contributed by atoms with E-state index in [1.165, 1.54) is 26.2 Å². The fourth-order valence-corrected chi connectivity index (χ4v) is 5.25. The minimum absolute atomic E-state index is 0.252. The molecule has 1 fully saturated rings. The van der Waals surface area contributed by atoms with Crippen molar-refractivity contribution in [3.63, 3.8) is 0 Å². The van der Waals surface area contributed by atoms with Crippen LogP contribution in [0.25, 0.3) is 0 Å². The number of esters is 1. The Kier molecular flexibility index (Phi) is 7.69. The molecule has 0 radical (unpaired) electrons. The molecule has 1 rings (SSSR count). The average Bonchev–Trinajstić information content (AvgIpc) is 2.90. The molecule has 0 saturated carbocycles. The van der Waals surface area contributed by atoms with E-state index in [0.717, 1.165) is 0 Å². The third kappa shape index (κ3) is 5.21. The molecular formula is C17H32NO7P. The molecule has 0 bridgehead atoms. The molecule has 3 atom stereocenters. The molecule has 152 valence electrons. The molecule has 0 aliphatic carbocycles. The van der Waals surface area contributed by atoms with Gasteiger partial charge in [-0.1, -0.05) is 13.8 Å². The van der Waals surface area contributed by atoms with Gasteiger partial charge in [0.15, 0.2) is 0 Å². The Bertz CT molecular complexity index is 550. The maximum atomic E-state index is 13.2. The fourth-order valence-electron chi connectivity index (χ4n) is 3.35. The first-order valence-corrected chi connectivity index (χ1v) is 10.3. The molecule has 0 unspecified atom stereocenters. The fraction of sp³-hybridized carbons (Fsp3) is 0.882. The quantitative estimate of drug-likeness (QED) is 0.502. The summed E-state index contributed by atoms with van der Waals surface area (Å²) in [6.45, 7) is 9.21. The van der Waals surface area contributed by atoms with Gasteiger partial charge in [-0.2, -0.15) is 0 Å². The number of hydrogen-bond donors (Lipinski definition) is 0. The van der Waals surface area contributed by atoms with Crippen molar-refractivity contribution in [3.05, 3.63) is 0 Å². The van der Waals surface area contributed by atoms with Crippen LogP contribution in [0.3, 0.4) is 0 Å². The smallest absolute Gasteiger partial charge is 0.411 e. The largest absolute Gasteiger partial charge is 0.467 e. The van der Waals surface area contributed by atoms with Crippen LogP contribution in [-0.4, -0.2) is 55.7 Å². The summed E-state index contributed by atoms with van der Waals surface area (Å²) in [5.41, 5.74) is -0.775. The molecule has 1 saturated heterocycles. The number of ether oxygens (including phenoxy) is 2. The van der Waals surface area contributed by atoms with Gasteiger partial charge < -0.3 is 18.5 Å². The van der Waals surface area contributed by atoms with E-state index in [-0.39, 0.29) is 11.8 Å². The predicted octanol–water partition coefficient (Wildman–Crippen LogP) is 3.64. The lowest BCUT2D eigenvalue weighted by Gasteiger charge is -2.35. The van der Waals surface area contributed by atoms with E-state index >= 15 is 0 Å². The number of nitrogens with zero attached hydrogens (tertiary/aromatic N) is 1. The van der Waals surface area contributed by atoms with Crippen molar-refractivity contribution in [3.8, 4) is 0 Å². The highest BCUT2D eigenvalue weighted by Crippen LogP contribution is 2.60. The second-order valence-corrected chi connectivity index (χ2v) is 10.2. The number of rotatable bonds is 6. The van der Waals surface area contributed by atoms with Crippen LogP contribution in [0.2, 0.25) is 0 Å². The third-order valence-electron chi connectivity index (χ3n) is 4.25. The Morgan fingerprint density at radius 3 is 2.08 bits per heavy atom. The van der Waals surface area contributed by atoms with Crippen LogP contribution in [0.4, 0.5) is 4.79 Å². The number of methoxy groups -OCH3 is 1. The van der Waals surface area contributed by atoms with Crippen molar-refractivity contribution >= 4 is 19.7 Å². The zero-order valence-corrected chi connectivity index (χ0v) is 17.9. The first-order valence-electron chi connectivity index (χ1n) is 8.70. The summed E-state index contributed by atoms with van der Waals surface area (Å²) in [5, 5.41) is 0. The molecular weight excluding hydrogens is 361 g/mol. The van der Waals surface area contributed by atoms with Gasteiger partial charge in [-0.05, 0) is 45.4 Å². The zero-order chi connectivity index (χ0) is 20.3. The van der Waals surface area contributed by atoms with Gasteiger partial charge in [0.25, 0.3) is 0 Å². The molecule has 0 aromatic carbocycles. The SMILES string of the molecule is COC(=O)[C@@H]1C[C@@H](CC(C)C)[C@H](P(=O)(OC)OC)N1C(=O)OC(C)(C)C. The minimum atomic E-state index is -3.69. The van der Waals surface area contributed by atoms with Gasteiger partial charge in [0, 0.05) is 14.2 Å². The Morgan fingerprint density at radius 1 is 1.15 bits per heavy atom. The van der Waals surface area contributed by atoms with Gasteiger partial charge in [0.2, 0.25) is 0 Å². The average molecular weight is 393 g/mol. The van der Waals surface area contributed by atoms with Crippen LogP contribution in [0.15, 0.2) is 0 Å². The molecule has 1 aliphatic rings. The maximum Gasteiger partial charge on any atom is 0.411 e. The van der Waals surface area contributed by atoms with Gasteiger partial charge in [-0.25, -0.2) is 9.59 Å². The van der Waals surface area contributed by atoms with Gasteiger partial charge in [0.05, 0.1) is 7.11 Å². The normalized spacial score (nSPS) is 24.0. The van der Waals surface area contributed by atoms with Crippen molar-refractivity contribution in [1.29, 1.82) is 0 Å². The summed E-state index contributed by atoms with van der Waals surface area (Å²) in [6.07, 6.45) is 0.220. The number of carbonyl (C=O) groups excluding carboxylic acids is 2. The van der Waals surface area contributed by atoms with Gasteiger partial charge in [-0.15, -0.1) is 0 Å². The van der Waals surface area contributed by atoms with Gasteiger partial charge >= 0.3 is 19.7 Å². The zero-order valence-electron chi connectivity index (χ0n) is 17.0. The molecule has 0 aromatic heterocycles. The first-order chi connectivity index (χ1) is 11.9. The van der Waals surface area contributed by atoms with Gasteiger partial charge in [0.1, 0.15) is 17.4 Å². The predicted molar refractivity (Wildman–Crippen MR) is 96.9 cm³/mol. The maximum absolute atomic E-state index is 13.2. The lowest BCUT2D eigenvalue weighted by Crippen LogP contribution is -2.48. The lowest BCUT2D eigenvalue weighted by atomic mass is 9.94. The number of amides is 1. The summed E-state index contributed by atoms with van der Waals surface area (Å²) >= 11 is 0. The number of likely N-dealkylation sites (tertiary alicyclic amines) is 1. The Morgan fingerprint density at radius 2 is 1.69 bits per heavy atom. The second-order valence-electron chi connectivity index (χ2n) is 7.87. The molecule has 1 aliphatic heterocycles. The molecule has 0 N–H and O–H groups in total. The minimum Gasteiger partial charge on any atom is -0.467 e. The van der Waals surface area contributed by atoms with Crippen LogP contribution in [0.1, 0.15) is 47.5 Å². The molecule has 1 heterocycles. The number of carbonyl (C=O) groups is 2. The molecule has 0 aromatic rings. The first kappa shape index (κ1) is 22.9. The van der Waals surface area contributed by atoms with E-state index in [4.69, 9.17) is 18.5 Å². The second kappa shape index (κ2) is 8.72. The van der Waals surface area contributed by atoms with Gasteiger partial charge in [-0.3, -0.25) is 9.46 Å². The van der Waals surface area contributed by atoms with E-state index < -0.39 is 37.1 Å². The van der Waals surface area contributed by atoms with Crippen LogP contribution in [0, 0.1) is 11.8 Å². The number of hydrogen-bond acceptors (Lipinski definition) is 7. The van der Waals surface area contributed by atoms with Crippen molar-refractivity contribution in [2.24, 2.45) is 11.8 Å². The van der Waals surface area contributed by atoms with Crippen LogP contribution in [-0.2, 0) is 27.9 Å². The molecule has 9 heteroatoms. The molecule has 26 heavy (non-hydrogen) atoms. The summed E-state index contributed by atoms with van der Waals surface area (Å²) in [5.74, 6) is -1.48. The van der Waals surface area contributed by atoms with Crippen LogP contribution < -0.4 is 0 Å². The monoisotopic (exact) mass is 393 g/mol. The van der Waals surface area contributed by atoms with E-state index in [9.17, 15) is 14.2 Å². The summed E-state index contributed by atoms with van der Waals surface area (Å²) in [6, 6.07) is -0.901.